The summed E-state index contributed by atoms with van der Waals surface area (Å²) in [5.41, 5.74) is 27.0. The van der Waals surface area contributed by atoms with Crippen molar-refractivity contribution in [2.24, 2.45) is 98.6 Å². The van der Waals surface area contributed by atoms with Crippen LogP contribution in [0.4, 0.5) is 0 Å². The summed E-state index contributed by atoms with van der Waals surface area (Å²) >= 11 is 0. The molecule has 24 heteroatoms. The van der Waals surface area contributed by atoms with E-state index in [9.17, 15) is 16.8 Å². The average molecular weight is 1830 g/mol. The fourth-order valence-corrected chi connectivity index (χ4v) is 21.6. The smallest absolute Gasteiger partial charge is 0.870 e. The Bertz CT molecular complexity index is 2350. The van der Waals surface area contributed by atoms with E-state index in [1.807, 2.05) is 0 Å². The summed E-state index contributed by atoms with van der Waals surface area (Å²) in [6.07, 6.45) is 43.7. The Labute approximate surface area is 663 Å². The third kappa shape index (κ3) is 29.2. The Morgan fingerprint density at radius 3 is 1.17 bits per heavy atom. The van der Waals surface area contributed by atoms with Gasteiger partial charge in [0.05, 0.1) is 65.1 Å². The minimum absolute atomic E-state index is 0. The molecule has 0 amide bonds. The van der Waals surface area contributed by atoms with Crippen LogP contribution in [0.5, 0.6) is 0 Å². The van der Waals surface area contributed by atoms with Crippen molar-refractivity contribution in [3.8, 4) is 0 Å². The van der Waals surface area contributed by atoms with Crippen molar-refractivity contribution in [2.75, 3.05) is 52.9 Å². The molecule has 0 aromatic carbocycles. The second-order valence-electron chi connectivity index (χ2n) is 32.9. The van der Waals surface area contributed by atoms with E-state index in [-0.39, 0.29) is 161 Å². The number of ether oxygens (including phenoxy) is 4. The van der Waals surface area contributed by atoms with E-state index in [0.717, 1.165) is 116 Å². The summed E-state index contributed by atoms with van der Waals surface area (Å²) < 4.78 is 91.0. The van der Waals surface area contributed by atoms with Gasteiger partial charge in [-0.2, -0.15) is 40.9 Å². The topological polar surface area (TPSA) is 329 Å². The molecular formula is C76H142BN3NaO15Pt2S2. The molecule has 3 radical (unpaired) electrons. The van der Waals surface area contributed by atoms with Crippen LogP contribution in [0.1, 0.15) is 269 Å². The summed E-state index contributed by atoms with van der Waals surface area (Å²) in [6.45, 7) is 30.5. The molecule has 0 spiro atoms. The monoisotopic (exact) mass is 1820 g/mol. The Kier molecular flexibility index (Phi) is 49.7. The van der Waals surface area contributed by atoms with Crippen molar-refractivity contribution < 1.29 is 141 Å². The molecule has 0 saturated heterocycles. The van der Waals surface area contributed by atoms with E-state index >= 15 is 0 Å². The summed E-state index contributed by atoms with van der Waals surface area (Å²) in [6, 6.07) is -0.0174. The maximum Gasteiger partial charge on any atom is 2.00 e. The number of hydrogen-bond donors (Lipinski definition) is 2. The van der Waals surface area contributed by atoms with Crippen molar-refractivity contribution in [3.05, 3.63) is 47.4 Å². The Balaban J connectivity index is 0. The van der Waals surface area contributed by atoms with E-state index < -0.39 is 20.8 Å². The van der Waals surface area contributed by atoms with Crippen LogP contribution < -0.4 is 29.6 Å². The third-order valence-corrected chi connectivity index (χ3v) is 27.2. The van der Waals surface area contributed by atoms with Gasteiger partial charge in [0, 0.05) is 8.41 Å². The quantitative estimate of drug-likeness (QED) is 0.0268. The van der Waals surface area contributed by atoms with Crippen LogP contribution in [0, 0.1) is 106 Å². The zero-order chi connectivity index (χ0) is 67.1. The molecule has 10 aliphatic carbocycles. The Morgan fingerprint density at radius 2 is 0.850 bits per heavy atom. The molecule has 10 rings (SSSR count). The minimum Gasteiger partial charge on any atom is -0.870 e. The van der Waals surface area contributed by atoms with Crippen LogP contribution >= 0.6 is 0 Å². The SMILES string of the molecule is C.CC(C)CCC[C@@H](C)[C@H]1CC[C@H]2[C@@H]3CC=C4C[C@@H](OCCOCCOS(=O)(=O)O)CC[C@]4(C)[C@H]3CC[C@]12C.CC(C)CCC[C@@H](C)[C@H]1CC[C@H]2[C@@H]3CC=C4C[C@@H](OCCOCCOS(=O)(=O)O)CC[C@]4(C)[C@H]3CC[C@]12C.O.O.[B].[CH2-]C1CCCCC1[NH-].[NH-]C1CCCCC1[NH-].[Na+].[OH-].[Pt+2].[Pt+2]. The summed E-state index contributed by atoms with van der Waals surface area (Å²) in [5.74, 6) is 10.7. The first-order chi connectivity index (χ1) is 43.5. The molecule has 0 aliphatic heterocycles. The molecule has 8 saturated carbocycles. The third-order valence-electron chi connectivity index (χ3n) is 26.3. The molecule has 18 nitrogen and oxygen atoms in total. The Hall–Kier alpha value is 1.26. The van der Waals surface area contributed by atoms with Gasteiger partial charge >= 0.3 is 92.5 Å². The van der Waals surface area contributed by atoms with Crippen molar-refractivity contribution >= 4 is 29.2 Å². The molecule has 100 heavy (non-hydrogen) atoms. The van der Waals surface area contributed by atoms with Gasteiger partial charge in [-0.25, -0.2) is 8.37 Å². The van der Waals surface area contributed by atoms with Gasteiger partial charge in [-0.15, -0.1) is 0 Å². The van der Waals surface area contributed by atoms with Gasteiger partial charge in [0.2, 0.25) is 0 Å². The Morgan fingerprint density at radius 1 is 0.500 bits per heavy atom. The van der Waals surface area contributed by atoms with Crippen LogP contribution in [0.3, 0.4) is 0 Å². The zero-order valence-electron chi connectivity index (χ0n) is 63.1. The van der Waals surface area contributed by atoms with Crippen LogP contribution in [-0.2, 0) is 90.2 Å². The summed E-state index contributed by atoms with van der Waals surface area (Å²) in [4.78, 5) is 0. The molecule has 0 bridgehead atoms. The fourth-order valence-electron chi connectivity index (χ4n) is 21.1. The molecule has 10 aliphatic rings. The maximum atomic E-state index is 10.6. The molecular weight excluding hydrogens is 1680 g/mol. The first-order valence-corrected chi connectivity index (χ1v) is 40.2. The largest absolute Gasteiger partial charge is 2.00 e. The summed E-state index contributed by atoms with van der Waals surface area (Å²) in [5, 5.41) is 0. The van der Waals surface area contributed by atoms with Gasteiger partial charge in [0.1, 0.15) is 0 Å². The zero-order valence-corrected chi connectivity index (χ0v) is 71.3. The average Bonchev–Trinajstić information content (AvgIpc) is 1.22. The van der Waals surface area contributed by atoms with Gasteiger partial charge < -0.3 is 59.5 Å². The second-order valence-corrected chi connectivity index (χ2v) is 35.1. The van der Waals surface area contributed by atoms with Crippen molar-refractivity contribution in [3.63, 3.8) is 0 Å². The van der Waals surface area contributed by atoms with Crippen molar-refractivity contribution in [1.82, 2.24) is 0 Å². The van der Waals surface area contributed by atoms with Crippen LogP contribution in [0.15, 0.2) is 23.3 Å². The molecule has 4 unspecified atom stereocenters. The predicted octanol–water partition coefficient (Wildman–Crippen LogP) is 14.8. The van der Waals surface area contributed by atoms with Crippen molar-refractivity contribution in [2.45, 2.75) is 300 Å². The molecule has 0 heterocycles. The van der Waals surface area contributed by atoms with Crippen LogP contribution in [-0.4, -0.2) is 134 Å². The van der Waals surface area contributed by atoms with E-state index in [1.54, 1.807) is 11.1 Å². The van der Waals surface area contributed by atoms with E-state index in [0.29, 0.717) is 54.0 Å². The summed E-state index contributed by atoms with van der Waals surface area (Å²) in [7, 11) is -8.80. The number of fused-ring (bicyclic) bond motifs is 10. The van der Waals surface area contributed by atoms with E-state index in [1.165, 1.54) is 148 Å². The minimum atomic E-state index is -4.40. The molecule has 20 atom stereocenters. The van der Waals surface area contributed by atoms with Gasteiger partial charge in [-0.05, 0) is 195 Å². The van der Waals surface area contributed by atoms with Gasteiger partial charge in [-0.3, -0.25) is 9.11 Å². The molecule has 0 aromatic rings. The number of nitrogens with one attached hydrogen (secondary N) is 3. The number of hydrogen-bond acceptors (Lipinski definition) is 11. The van der Waals surface area contributed by atoms with Crippen LogP contribution in [0.2, 0.25) is 0 Å². The fraction of sp³-hybridized carbons (Fsp3) is 0.934. The molecule has 10 N–H and O–H groups in total. The van der Waals surface area contributed by atoms with Gasteiger partial charge in [0.15, 0.2) is 0 Å². The standard InChI is InChI=1S/2C31H54O6S.C7H13N.C6H12N2.CH4.B.Na.3H2O.2Pt/c2*1-22(2)7-6-8-23(3)27-11-12-28-26-10-9-24-21-25(36-19-17-35-18-20-37-38(32,33)34)13-15-30(24,4)29(26)14-16-31(27,28)5;1-6-4-2-3-5-7(6)8;7-5-3-1-2-4-6(5)8;;;;;;;;/h2*9,22-23,25-29H,6-8,10-21H2,1-5H3,(H,32,33,34);6-8H,1-5H2;5-8H,1-4H2;1H4;;;3*1H2;;/q;;2*-2;;;+1;;;;2*+2/p-1/t2*23-,25+,26+,27-,28+,29+,30+,31-;;;;;;;;;;/m11........../s1. The second kappa shape index (κ2) is 48.1. The molecule has 0 aromatic heterocycles. The van der Waals surface area contributed by atoms with Crippen molar-refractivity contribution in [1.29, 1.82) is 0 Å². The maximum absolute atomic E-state index is 10.6. The molecule has 587 valence electrons. The van der Waals surface area contributed by atoms with Gasteiger partial charge in [-0.1, -0.05) is 190 Å². The first kappa shape index (κ1) is 103. The van der Waals surface area contributed by atoms with Gasteiger partial charge in [0.25, 0.3) is 0 Å². The first-order valence-electron chi connectivity index (χ1n) is 37.5. The van der Waals surface area contributed by atoms with E-state index in [4.69, 9.17) is 45.3 Å². The van der Waals surface area contributed by atoms with Crippen LogP contribution in [0.25, 0.3) is 17.2 Å². The number of allylic oxidation sites excluding steroid dienone is 2. The predicted molar refractivity (Wildman–Crippen MR) is 394 cm³/mol. The molecule has 8 fully saturated rings. The number of rotatable bonds is 26. The normalized spacial score (nSPS) is 35.1. The van der Waals surface area contributed by atoms with E-state index in [2.05, 4.69) is 96.7 Å².